The van der Waals surface area contributed by atoms with E-state index in [9.17, 15) is 4.79 Å². The lowest BCUT2D eigenvalue weighted by Crippen LogP contribution is -2.31. The average molecular weight is 262 g/mol. The summed E-state index contributed by atoms with van der Waals surface area (Å²) in [6.07, 6.45) is 6.70. The number of carbonyl (C=O) groups is 1. The van der Waals surface area contributed by atoms with Gasteiger partial charge in [-0.25, -0.2) is 4.98 Å². The summed E-state index contributed by atoms with van der Waals surface area (Å²) in [7, 11) is 1.87. The van der Waals surface area contributed by atoms with Gasteiger partial charge < -0.3 is 9.64 Å². The molecule has 0 aliphatic heterocycles. The Morgan fingerprint density at radius 1 is 1.42 bits per heavy atom. The van der Waals surface area contributed by atoms with Gasteiger partial charge in [-0.2, -0.15) is 0 Å². The number of hydrogen-bond acceptors (Lipinski definition) is 3. The number of aromatic nitrogens is 1. The summed E-state index contributed by atoms with van der Waals surface area (Å²) in [5.74, 6) is 1.28. The van der Waals surface area contributed by atoms with Crippen molar-refractivity contribution in [1.29, 1.82) is 0 Å². The molecule has 0 saturated heterocycles. The molecular weight excluding hydrogens is 240 g/mol. The predicted octanol–water partition coefficient (Wildman–Crippen LogP) is 2.74. The molecule has 1 saturated carbocycles. The predicted molar refractivity (Wildman–Crippen MR) is 74.3 cm³/mol. The van der Waals surface area contributed by atoms with Gasteiger partial charge in [0.2, 0.25) is 5.88 Å². The van der Waals surface area contributed by atoms with Gasteiger partial charge >= 0.3 is 0 Å². The zero-order chi connectivity index (χ0) is 13.7. The van der Waals surface area contributed by atoms with Crippen molar-refractivity contribution in [1.82, 2.24) is 9.88 Å². The maximum absolute atomic E-state index is 12.2. The Bertz CT molecular complexity index is 411. The largest absolute Gasteiger partial charge is 0.478 e. The molecule has 1 aromatic heterocycles. The zero-order valence-electron chi connectivity index (χ0n) is 11.8. The first-order chi connectivity index (χ1) is 9.20. The molecule has 0 unspecified atom stereocenters. The molecule has 4 heteroatoms. The molecule has 104 valence electrons. The van der Waals surface area contributed by atoms with Gasteiger partial charge in [-0.05, 0) is 31.7 Å². The van der Waals surface area contributed by atoms with Crippen LogP contribution in [0.25, 0.3) is 0 Å². The topological polar surface area (TPSA) is 42.4 Å². The smallest absolute Gasteiger partial charge is 0.255 e. The summed E-state index contributed by atoms with van der Waals surface area (Å²) in [5.41, 5.74) is 0.629. The van der Waals surface area contributed by atoms with E-state index in [4.69, 9.17) is 4.74 Å². The van der Waals surface area contributed by atoms with Gasteiger partial charge in [0.1, 0.15) is 0 Å². The number of amides is 1. The van der Waals surface area contributed by atoms with Gasteiger partial charge in [-0.1, -0.05) is 12.8 Å². The summed E-state index contributed by atoms with van der Waals surface area (Å²) in [6.45, 7) is 3.35. The minimum absolute atomic E-state index is 0.0439. The van der Waals surface area contributed by atoms with Crippen LogP contribution < -0.4 is 4.74 Å². The Labute approximate surface area is 114 Å². The number of ether oxygens (including phenoxy) is 1. The van der Waals surface area contributed by atoms with Crippen molar-refractivity contribution >= 4 is 5.91 Å². The van der Waals surface area contributed by atoms with Gasteiger partial charge in [0.05, 0.1) is 12.2 Å². The Hall–Kier alpha value is -1.58. The standard InChI is InChI=1S/C15H22N2O2/c1-3-19-14-9-8-13(10-16-14)15(18)17(2)11-12-6-4-5-7-12/h8-10,12H,3-7,11H2,1-2H3. The quantitative estimate of drug-likeness (QED) is 0.819. The molecule has 0 N–H and O–H groups in total. The third-order valence-electron chi connectivity index (χ3n) is 3.63. The molecule has 1 aliphatic rings. The molecule has 1 aliphatic carbocycles. The SMILES string of the molecule is CCOc1ccc(C(=O)N(C)CC2CCCC2)cn1. The molecule has 2 rings (SSSR count). The summed E-state index contributed by atoms with van der Waals surface area (Å²) in [4.78, 5) is 18.2. The molecule has 1 aromatic rings. The van der Waals surface area contributed by atoms with E-state index in [1.165, 1.54) is 25.7 Å². The van der Waals surface area contributed by atoms with Crippen molar-refractivity contribution in [3.8, 4) is 5.88 Å². The van der Waals surface area contributed by atoms with Crippen LogP contribution in [0.15, 0.2) is 18.3 Å². The van der Waals surface area contributed by atoms with Gasteiger partial charge in [-0.3, -0.25) is 4.79 Å². The number of rotatable bonds is 5. The fourth-order valence-electron chi connectivity index (χ4n) is 2.62. The summed E-state index contributed by atoms with van der Waals surface area (Å²) in [5, 5.41) is 0. The Balaban J connectivity index is 1.93. The number of hydrogen-bond donors (Lipinski definition) is 0. The molecule has 4 nitrogen and oxygen atoms in total. The molecule has 0 bridgehead atoms. The minimum atomic E-state index is 0.0439. The van der Waals surface area contributed by atoms with Crippen molar-refractivity contribution in [3.05, 3.63) is 23.9 Å². The zero-order valence-corrected chi connectivity index (χ0v) is 11.8. The normalized spacial score (nSPS) is 15.5. The third kappa shape index (κ3) is 3.69. The van der Waals surface area contributed by atoms with Gasteiger partial charge in [0, 0.05) is 25.9 Å². The summed E-state index contributed by atoms with van der Waals surface area (Å²) in [6, 6.07) is 3.53. The second-order valence-corrected chi connectivity index (χ2v) is 5.15. The Kier molecular flexibility index (Phi) is 4.77. The molecule has 1 fully saturated rings. The second-order valence-electron chi connectivity index (χ2n) is 5.15. The van der Waals surface area contributed by atoms with Crippen LogP contribution in [0.1, 0.15) is 43.0 Å². The molecule has 0 atom stereocenters. The van der Waals surface area contributed by atoms with E-state index < -0.39 is 0 Å². The second kappa shape index (κ2) is 6.55. The molecule has 0 spiro atoms. The molecule has 1 heterocycles. The van der Waals surface area contributed by atoms with Gasteiger partial charge in [0.15, 0.2) is 0 Å². The van der Waals surface area contributed by atoms with Crippen molar-refractivity contribution in [3.63, 3.8) is 0 Å². The molecular formula is C15H22N2O2. The monoisotopic (exact) mass is 262 g/mol. The van der Waals surface area contributed by atoms with Crippen LogP contribution in [0.5, 0.6) is 5.88 Å². The van der Waals surface area contributed by atoms with Crippen molar-refractivity contribution in [2.45, 2.75) is 32.6 Å². The highest BCUT2D eigenvalue weighted by Gasteiger charge is 2.20. The van der Waals surface area contributed by atoms with Gasteiger partial charge in [0.25, 0.3) is 5.91 Å². The van der Waals surface area contributed by atoms with Crippen LogP contribution in [0, 0.1) is 5.92 Å². The fraction of sp³-hybridized carbons (Fsp3) is 0.600. The molecule has 1 amide bonds. The van der Waals surface area contributed by atoms with E-state index in [0.29, 0.717) is 24.0 Å². The molecule has 0 aromatic carbocycles. The van der Waals surface area contributed by atoms with E-state index >= 15 is 0 Å². The van der Waals surface area contributed by atoms with E-state index in [0.717, 1.165) is 6.54 Å². The lowest BCUT2D eigenvalue weighted by molar-refractivity contribution is 0.0773. The van der Waals surface area contributed by atoms with E-state index in [-0.39, 0.29) is 5.91 Å². The number of pyridine rings is 1. The maximum atomic E-state index is 12.2. The highest BCUT2D eigenvalue weighted by Crippen LogP contribution is 2.25. The summed E-state index contributed by atoms with van der Waals surface area (Å²) < 4.78 is 5.27. The van der Waals surface area contributed by atoms with E-state index in [1.807, 2.05) is 18.9 Å². The van der Waals surface area contributed by atoms with Gasteiger partial charge in [-0.15, -0.1) is 0 Å². The first-order valence-corrected chi connectivity index (χ1v) is 7.05. The first kappa shape index (κ1) is 13.8. The van der Waals surface area contributed by atoms with Crippen LogP contribution in [-0.4, -0.2) is 36.0 Å². The van der Waals surface area contributed by atoms with Crippen molar-refractivity contribution in [2.24, 2.45) is 5.92 Å². The first-order valence-electron chi connectivity index (χ1n) is 7.05. The molecule has 19 heavy (non-hydrogen) atoms. The highest BCUT2D eigenvalue weighted by molar-refractivity contribution is 5.93. The Morgan fingerprint density at radius 2 is 2.16 bits per heavy atom. The van der Waals surface area contributed by atoms with Crippen LogP contribution >= 0.6 is 0 Å². The third-order valence-corrected chi connectivity index (χ3v) is 3.63. The Morgan fingerprint density at radius 3 is 2.74 bits per heavy atom. The van der Waals surface area contributed by atoms with Crippen molar-refractivity contribution in [2.75, 3.05) is 20.2 Å². The fourth-order valence-corrected chi connectivity index (χ4v) is 2.62. The number of nitrogens with zero attached hydrogens (tertiary/aromatic N) is 2. The minimum Gasteiger partial charge on any atom is -0.478 e. The van der Waals surface area contributed by atoms with Crippen LogP contribution in [-0.2, 0) is 0 Å². The van der Waals surface area contributed by atoms with Crippen LogP contribution in [0.4, 0.5) is 0 Å². The van der Waals surface area contributed by atoms with E-state index in [2.05, 4.69) is 4.98 Å². The van der Waals surface area contributed by atoms with E-state index in [1.54, 1.807) is 18.3 Å². The average Bonchev–Trinajstić information content (AvgIpc) is 2.92. The van der Waals surface area contributed by atoms with Crippen molar-refractivity contribution < 1.29 is 9.53 Å². The highest BCUT2D eigenvalue weighted by atomic mass is 16.5. The van der Waals surface area contributed by atoms with Crippen LogP contribution in [0.2, 0.25) is 0 Å². The molecule has 0 radical (unpaired) electrons. The lowest BCUT2D eigenvalue weighted by Gasteiger charge is -2.21. The number of carbonyl (C=O) groups excluding carboxylic acids is 1. The summed E-state index contributed by atoms with van der Waals surface area (Å²) >= 11 is 0. The maximum Gasteiger partial charge on any atom is 0.255 e. The van der Waals surface area contributed by atoms with Crippen LogP contribution in [0.3, 0.4) is 0 Å². The lowest BCUT2D eigenvalue weighted by atomic mass is 10.1.